The summed E-state index contributed by atoms with van der Waals surface area (Å²) in [5.74, 6) is 0.446. The lowest BCUT2D eigenvalue weighted by Crippen LogP contribution is -2.21. The quantitative estimate of drug-likeness (QED) is 0.608. The number of ether oxygens (including phenoxy) is 2. The molecule has 94 valence electrons. The van der Waals surface area contributed by atoms with Crippen molar-refractivity contribution in [3.8, 4) is 5.75 Å². The standard InChI is InChI=1S/C11H16N2O4/c1-8(7-16-2)12-10-5-4-9(13(14)15)6-11(10)17-3/h4-6,8,12H,7H2,1-3H3. The van der Waals surface area contributed by atoms with E-state index in [0.717, 1.165) is 0 Å². The molecule has 1 rings (SSSR count). The first-order valence-electron chi connectivity index (χ1n) is 5.16. The number of hydrogen-bond donors (Lipinski definition) is 1. The van der Waals surface area contributed by atoms with Crippen molar-refractivity contribution < 1.29 is 14.4 Å². The van der Waals surface area contributed by atoms with Gasteiger partial charge in [0.1, 0.15) is 5.75 Å². The number of nitrogens with zero attached hydrogens (tertiary/aromatic N) is 1. The van der Waals surface area contributed by atoms with Crippen LogP contribution in [0.3, 0.4) is 0 Å². The Kier molecular flexibility index (Phi) is 4.71. The Morgan fingerprint density at radius 1 is 1.47 bits per heavy atom. The molecule has 0 aromatic heterocycles. The van der Waals surface area contributed by atoms with Crippen LogP contribution < -0.4 is 10.1 Å². The van der Waals surface area contributed by atoms with Crippen molar-refractivity contribution in [3.63, 3.8) is 0 Å². The number of nitro groups is 1. The van der Waals surface area contributed by atoms with E-state index in [1.165, 1.54) is 19.2 Å². The van der Waals surface area contributed by atoms with Crippen LogP contribution in [0, 0.1) is 10.1 Å². The van der Waals surface area contributed by atoms with Crippen LogP contribution in [0.25, 0.3) is 0 Å². The molecule has 0 saturated heterocycles. The SMILES string of the molecule is COCC(C)Nc1ccc([N+](=O)[O-])cc1OC. The van der Waals surface area contributed by atoms with Gasteiger partial charge in [-0.1, -0.05) is 0 Å². The predicted molar refractivity (Wildman–Crippen MR) is 64.6 cm³/mol. The van der Waals surface area contributed by atoms with Gasteiger partial charge in [0, 0.05) is 19.2 Å². The predicted octanol–water partition coefficient (Wildman–Crippen LogP) is 2.05. The van der Waals surface area contributed by atoms with Gasteiger partial charge in [0.25, 0.3) is 5.69 Å². The molecule has 1 aromatic rings. The zero-order chi connectivity index (χ0) is 12.8. The number of nitrogens with one attached hydrogen (secondary N) is 1. The van der Waals surface area contributed by atoms with Crippen LogP contribution in [0.2, 0.25) is 0 Å². The fraction of sp³-hybridized carbons (Fsp3) is 0.455. The van der Waals surface area contributed by atoms with Gasteiger partial charge < -0.3 is 14.8 Å². The zero-order valence-electron chi connectivity index (χ0n) is 10.1. The van der Waals surface area contributed by atoms with Crippen LogP contribution in [-0.2, 0) is 4.74 Å². The minimum atomic E-state index is -0.453. The highest BCUT2D eigenvalue weighted by Crippen LogP contribution is 2.29. The molecule has 1 unspecified atom stereocenters. The molecule has 1 aromatic carbocycles. The van der Waals surface area contributed by atoms with Gasteiger partial charge in [-0.3, -0.25) is 10.1 Å². The second-order valence-electron chi connectivity index (χ2n) is 3.64. The number of hydrogen-bond acceptors (Lipinski definition) is 5. The van der Waals surface area contributed by atoms with E-state index in [0.29, 0.717) is 18.0 Å². The summed E-state index contributed by atoms with van der Waals surface area (Å²) < 4.78 is 10.1. The third kappa shape index (κ3) is 3.60. The van der Waals surface area contributed by atoms with Gasteiger partial charge in [-0.05, 0) is 13.0 Å². The van der Waals surface area contributed by atoms with Crippen molar-refractivity contribution in [1.82, 2.24) is 0 Å². The zero-order valence-corrected chi connectivity index (χ0v) is 10.1. The molecule has 0 aliphatic heterocycles. The summed E-state index contributed by atoms with van der Waals surface area (Å²) in [5.41, 5.74) is 0.717. The first-order chi connectivity index (χ1) is 8.08. The number of nitro benzene ring substituents is 1. The minimum absolute atomic E-state index is 0.00629. The molecule has 0 heterocycles. The van der Waals surface area contributed by atoms with E-state index in [1.54, 1.807) is 13.2 Å². The van der Waals surface area contributed by atoms with Gasteiger partial charge in [-0.15, -0.1) is 0 Å². The molecule has 0 amide bonds. The lowest BCUT2D eigenvalue weighted by Gasteiger charge is -2.16. The maximum absolute atomic E-state index is 10.6. The summed E-state index contributed by atoms with van der Waals surface area (Å²) in [4.78, 5) is 10.2. The minimum Gasteiger partial charge on any atom is -0.494 e. The summed E-state index contributed by atoms with van der Waals surface area (Å²) in [7, 11) is 3.09. The summed E-state index contributed by atoms with van der Waals surface area (Å²) in [6.07, 6.45) is 0. The summed E-state index contributed by atoms with van der Waals surface area (Å²) >= 11 is 0. The lowest BCUT2D eigenvalue weighted by atomic mass is 10.2. The molecule has 6 nitrogen and oxygen atoms in total. The Morgan fingerprint density at radius 2 is 2.18 bits per heavy atom. The van der Waals surface area contributed by atoms with Gasteiger partial charge in [0.05, 0.1) is 30.4 Å². The van der Waals surface area contributed by atoms with Crippen molar-refractivity contribution in [3.05, 3.63) is 28.3 Å². The maximum Gasteiger partial charge on any atom is 0.273 e. The van der Waals surface area contributed by atoms with E-state index in [4.69, 9.17) is 9.47 Å². The Hall–Kier alpha value is -1.82. The molecule has 0 spiro atoms. The average molecular weight is 240 g/mol. The van der Waals surface area contributed by atoms with Crippen LogP contribution >= 0.6 is 0 Å². The topological polar surface area (TPSA) is 73.6 Å². The van der Waals surface area contributed by atoms with Gasteiger partial charge in [0.15, 0.2) is 0 Å². The van der Waals surface area contributed by atoms with E-state index in [9.17, 15) is 10.1 Å². The molecule has 1 N–H and O–H groups in total. The second-order valence-corrected chi connectivity index (χ2v) is 3.64. The number of anilines is 1. The third-order valence-electron chi connectivity index (χ3n) is 2.21. The smallest absolute Gasteiger partial charge is 0.273 e. The molecule has 0 saturated carbocycles. The third-order valence-corrected chi connectivity index (χ3v) is 2.21. The molecule has 0 fully saturated rings. The first kappa shape index (κ1) is 13.2. The maximum atomic E-state index is 10.6. The second kappa shape index (κ2) is 6.05. The van der Waals surface area contributed by atoms with Gasteiger partial charge in [-0.25, -0.2) is 0 Å². The normalized spacial score (nSPS) is 11.9. The molecule has 6 heteroatoms. The van der Waals surface area contributed by atoms with Gasteiger partial charge in [-0.2, -0.15) is 0 Å². The Labute approximate surface area is 99.7 Å². The molecule has 0 aliphatic carbocycles. The molecule has 0 aliphatic rings. The van der Waals surface area contributed by atoms with Crippen LogP contribution in [0.4, 0.5) is 11.4 Å². The number of rotatable bonds is 6. The summed E-state index contributed by atoms with van der Waals surface area (Å²) in [6.45, 7) is 2.49. The van der Waals surface area contributed by atoms with Gasteiger partial charge >= 0.3 is 0 Å². The van der Waals surface area contributed by atoms with E-state index >= 15 is 0 Å². The molecular weight excluding hydrogens is 224 g/mol. The molecule has 17 heavy (non-hydrogen) atoms. The van der Waals surface area contributed by atoms with Crippen LogP contribution in [0.1, 0.15) is 6.92 Å². The van der Waals surface area contributed by atoms with E-state index in [-0.39, 0.29) is 11.7 Å². The van der Waals surface area contributed by atoms with E-state index < -0.39 is 4.92 Å². The van der Waals surface area contributed by atoms with Crippen molar-refractivity contribution in [2.24, 2.45) is 0 Å². The van der Waals surface area contributed by atoms with Gasteiger partial charge in [0.2, 0.25) is 0 Å². The molecular formula is C11H16N2O4. The fourth-order valence-corrected chi connectivity index (χ4v) is 1.47. The Bertz CT molecular complexity index is 395. The van der Waals surface area contributed by atoms with Crippen molar-refractivity contribution in [2.75, 3.05) is 26.1 Å². The monoisotopic (exact) mass is 240 g/mol. The average Bonchev–Trinajstić information content (AvgIpc) is 2.29. The first-order valence-corrected chi connectivity index (χ1v) is 5.16. The molecule has 1 atom stereocenters. The Balaban J connectivity index is 2.88. The highest BCUT2D eigenvalue weighted by Gasteiger charge is 2.12. The number of methoxy groups -OCH3 is 2. The van der Waals surface area contributed by atoms with Crippen LogP contribution in [-0.4, -0.2) is 31.8 Å². The number of benzene rings is 1. The molecule has 0 radical (unpaired) electrons. The fourth-order valence-electron chi connectivity index (χ4n) is 1.47. The van der Waals surface area contributed by atoms with Crippen molar-refractivity contribution in [2.45, 2.75) is 13.0 Å². The lowest BCUT2D eigenvalue weighted by molar-refractivity contribution is -0.384. The highest BCUT2D eigenvalue weighted by atomic mass is 16.6. The van der Waals surface area contributed by atoms with Crippen LogP contribution in [0.5, 0.6) is 5.75 Å². The number of non-ortho nitro benzene ring substituents is 1. The van der Waals surface area contributed by atoms with Crippen LogP contribution in [0.15, 0.2) is 18.2 Å². The van der Waals surface area contributed by atoms with E-state index in [2.05, 4.69) is 5.32 Å². The van der Waals surface area contributed by atoms with E-state index in [1.807, 2.05) is 6.92 Å². The van der Waals surface area contributed by atoms with Crippen molar-refractivity contribution in [1.29, 1.82) is 0 Å². The molecule has 0 bridgehead atoms. The Morgan fingerprint density at radius 3 is 2.71 bits per heavy atom. The summed E-state index contributed by atoms with van der Waals surface area (Å²) in [6, 6.07) is 4.55. The van der Waals surface area contributed by atoms with Crippen molar-refractivity contribution >= 4 is 11.4 Å². The highest BCUT2D eigenvalue weighted by molar-refractivity contribution is 5.61. The largest absolute Gasteiger partial charge is 0.494 e. The summed E-state index contributed by atoms with van der Waals surface area (Å²) in [5, 5.41) is 13.8.